The Morgan fingerprint density at radius 3 is 2.00 bits per heavy atom. The molecule has 0 atom stereocenters. The van der Waals surface area contributed by atoms with Gasteiger partial charge in [0.2, 0.25) is 0 Å². The van der Waals surface area contributed by atoms with E-state index in [0.29, 0.717) is 19.3 Å². The fraction of sp³-hybridized carbons (Fsp3) is 0.167. The van der Waals surface area contributed by atoms with Crippen molar-refractivity contribution in [1.29, 1.82) is 0 Å². The Labute approximate surface area is 179 Å². The number of hydrogen-bond acceptors (Lipinski definition) is 6. The highest BCUT2D eigenvalue weighted by molar-refractivity contribution is 6.21. The van der Waals surface area contributed by atoms with Crippen molar-refractivity contribution in [3.05, 3.63) is 82.4 Å². The first-order valence-corrected chi connectivity index (χ1v) is 9.55. The number of esters is 2. The smallest absolute Gasteiger partial charge is 0.338 e. The number of amides is 1. The maximum absolute atomic E-state index is 13.0. The van der Waals surface area contributed by atoms with E-state index in [4.69, 9.17) is 9.47 Å². The van der Waals surface area contributed by atoms with Gasteiger partial charge in [-0.3, -0.25) is 9.59 Å². The van der Waals surface area contributed by atoms with E-state index in [1.165, 1.54) is 38.5 Å². The van der Waals surface area contributed by atoms with Gasteiger partial charge in [-0.15, -0.1) is 0 Å². The molecular weight excluding hydrogens is 398 g/mol. The minimum absolute atomic E-state index is 0.0714. The Balaban J connectivity index is 2.10. The summed E-state index contributed by atoms with van der Waals surface area (Å²) >= 11 is 0. The van der Waals surface area contributed by atoms with Crippen LogP contribution >= 0.6 is 0 Å². The molecule has 0 saturated carbocycles. The van der Waals surface area contributed by atoms with E-state index in [-0.39, 0.29) is 33.0 Å². The van der Waals surface area contributed by atoms with Crippen LogP contribution in [0.15, 0.2) is 54.6 Å². The summed E-state index contributed by atoms with van der Waals surface area (Å²) in [5.41, 5.74) is 1.52. The van der Waals surface area contributed by atoms with Crippen molar-refractivity contribution in [3.8, 4) is 0 Å². The standard InChI is InChI=1S/C24H21NO6/c1-30-23(28)18-11-10-17(22(27)25-13-12-15-6-4-3-5-7-15)21-19(24(29)31-2)9-8-16(14-26)20(18)21/h3-11,14H,12-13H2,1-2H3,(H,25,27). The number of aldehydes is 1. The zero-order chi connectivity index (χ0) is 22.4. The molecule has 0 fully saturated rings. The van der Waals surface area contributed by atoms with Crippen LogP contribution < -0.4 is 5.32 Å². The van der Waals surface area contributed by atoms with Gasteiger partial charge in [-0.1, -0.05) is 36.4 Å². The van der Waals surface area contributed by atoms with Crippen LogP contribution in [-0.4, -0.2) is 44.9 Å². The van der Waals surface area contributed by atoms with Crippen molar-refractivity contribution in [3.63, 3.8) is 0 Å². The second-order valence-corrected chi connectivity index (χ2v) is 6.71. The van der Waals surface area contributed by atoms with Gasteiger partial charge in [0.1, 0.15) is 0 Å². The quantitative estimate of drug-likeness (QED) is 0.466. The number of fused-ring (bicyclic) bond motifs is 1. The van der Waals surface area contributed by atoms with Crippen molar-refractivity contribution in [2.24, 2.45) is 0 Å². The lowest BCUT2D eigenvalue weighted by molar-refractivity contribution is 0.0592. The first-order chi connectivity index (χ1) is 15.0. The number of rotatable bonds is 7. The van der Waals surface area contributed by atoms with Gasteiger partial charge in [0.05, 0.1) is 25.3 Å². The van der Waals surface area contributed by atoms with E-state index < -0.39 is 17.8 Å². The van der Waals surface area contributed by atoms with Crippen LogP contribution in [0, 0.1) is 0 Å². The van der Waals surface area contributed by atoms with E-state index in [0.717, 1.165) is 5.56 Å². The Bertz CT molecular complexity index is 1150. The van der Waals surface area contributed by atoms with Gasteiger partial charge in [-0.05, 0) is 30.2 Å². The van der Waals surface area contributed by atoms with Crippen molar-refractivity contribution in [1.82, 2.24) is 5.32 Å². The molecule has 3 aromatic carbocycles. The van der Waals surface area contributed by atoms with Gasteiger partial charge in [0, 0.05) is 28.4 Å². The summed E-state index contributed by atoms with van der Waals surface area (Å²) in [5.74, 6) is -1.82. The molecule has 158 valence electrons. The largest absolute Gasteiger partial charge is 0.465 e. The lowest BCUT2D eigenvalue weighted by Gasteiger charge is -2.15. The third-order valence-electron chi connectivity index (χ3n) is 4.92. The van der Waals surface area contributed by atoms with Crippen molar-refractivity contribution < 1.29 is 28.7 Å². The maximum Gasteiger partial charge on any atom is 0.338 e. The van der Waals surface area contributed by atoms with Crippen LogP contribution in [0.3, 0.4) is 0 Å². The summed E-state index contributed by atoms with van der Waals surface area (Å²) in [6, 6.07) is 15.3. The minimum atomic E-state index is -0.692. The summed E-state index contributed by atoms with van der Waals surface area (Å²) in [5, 5.41) is 3.16. The van der Waals surface area contributed by atoms with E-state index >= 15 is 0 Å². The summed E-state index contributed by atoms with van der Waals surface area (Å²) < 4.78 is 9.66. The Kier molecular flexibility index (Phi) is 6.77. The van der Waals surface area contributed by atoms with Gasteiger partial charge < -0.3 is 14.8 Å². The second-order valence-electron chi connectivity index (χ2n) is 6.71. The summed E-state index contributed by atoms with van der Waals surface area (Å²) in [6.45, 7) is 0.365. The molecule has 3 rings (SSSR count). The van der Waals surface area contributed by atoms with E-state index in [2.05, 4.69) is 5.32 Å². The van der Waals surface area contributed by atoms with Crippen LogP contribution in [0.2, 0.25) is 0 Å². The molecule has 0 radical (unpaired) electrons. The van der Waals surface area contributed by atoms with Gasteiger partial charge in [-0.25, -0.2) is 9.59 Å². The molecule has 1 amide bonds. The number of carbonyl (C=O) groups is 4. The molecule has 0 unspecified atom stereocenters. The molecule has 0 bridgehead atoms. The average Bonchev–Trinajstić information content (AvgIpc) is 2.82. The Morgan fingerprint density at radius 2 is 1.39 bits per heavy atom. The van der Waals surface area contributed by atoms with Crippen LogP contribution in [0.1, 0.15) is 47.0 Å². The molecule has 3 aromatic rings. The minimum Gasteiger partial charge on any atom is -0.465 e. The predicted octanol–water partition coefficient (Wildman–Crippen LogP) is 3.20. The molecule has 1 N–H and O–H groups in total. The molecule has 7 nitrogen and oxygen atoms in total. The third-order valence-corrected chi connectivity index (χ3v) is 4.92. The molecule has 0 spiro atoms. The van der Waals surface area contributed by atoms with Crippen LogP contribution in [-0.2, 0) is 15.9 Å². The van der Waals surface area contributed by atoms with E-state index in [1.807, 2.05) is 30.3 Å². The summed E-state index contributed by atoms with van der Waals surface area (Å²) in [7, 11) is 2.43. The van der Waals surface area contributed by atoms with E-state index in [1.54, 1.807) is 0 Å². The molecule has 0 aliphatic carbocycles. The molecule has 0 aliphatic heterocycles. The lowest BCUT2D eigenvalue weighted by atomic mass is 9.91. The first-order valence-electron chi connectivity index (χ1n) is 9.55. The lowest BCUT2D eigenvalue weighted by Crippen LogP contribution is -2.26. The Hall–Kier alpha value is -4.00. The van der Waals surface area contributed by atoms with Gasteiger partial charge in [0.25, 0.3) is 5.91 Å². The van der Waals surface area contributed by atoms with Crippen LogP contribution in [0.5, 0.6) is 0 Å². The zero-order valence-corrected chi connectivity index (χ0v) is 17.1. The molecular formula is C24H21NO6. The van der Waals surface area contributed by atoms with Gasteiger partial charge in [0.15, 0.2) is 6.29 Å². The molecule has 31 heavy (non-hydrogen) atoms. The third kappa shape index (κ3) is 4.45. The molecule has 7 heteroatoms. The topological polar surface area (TPSA) is 98.8 Å². The highest BCUT2D eigenvalue weighted by Gasteiger charge is 2.24. The Morgan fingerprint density at radius 1 is 0.806 bits per heavy atom. The predicted molar refractivity (Wildman–Crippen MR) is 114 cm³/mol. The number of ether oxygens (including phenoxy) is 2. The number of hydrogen-bond donors (Lipinski definition) is 1. The van der Waals surface area contributed by atoms with Crippen molar-refractivity contribution >= 4 is 34.9 Å². The highest BCUT2D eigenvalue weighted by atomic mass is 16.5. The van der Waals surface area contributed by atoms with Crippen LogP contribution in [0.4, 0.5) is 0 Å². The van der Waals surface area contributed by atoms with Gasteiger partial charge in [-0.2, -0.15) is 0 Å². The van der Waals surface area contributed by atoms with Gasteiger partial charge >= 0.3 is 11.9 Å². The monoisotopic (exact) mass is 419 g/mol. The average molecular weight is 419 g/mol. The molecule has 0 aromatic heterocycles. The number of nitrogens with one attached hydrogen (secondary N) is 1. The number of benzene rings is 3. The normalized spacial score (nSPS) is 10.4. The zero-order valence-electron chi connectivity index (χ0n) is 17.1. The fourth-order valence-corrected chi connectivity index (χ4v) is 3.43. The molecule has 0 saturated heterocycles. The first kappa shape index (κ1) is 21.7. The summed E-state index contributed by atoms with van der Waals surface area (Å²) in [6.07, 6.45) is 1.18. The maximum atomic E-state index is 13.0. The second kappa shape index (κ2) is 9.67. The molecule has 0 heterocycles. The van der Waals surface area contributed by atoms with Crippen LogP contribution in [0.25, 0.3) is 10.8 Å². The van der Waals surface area contributed by atoms with E-state index in [9.17, 15) is 19.2 Å². The van der Waals surface area contributed by atoms with Crippen molar-refractivity contribution in [2.45, 2.75) is 6.42 Å². The fourth-order valence-electron chi connectivity index (χ4n) is 3.43. The number of carbonyl (C=O) groups excluding carboxylic acids is 4. The highest BCUT2D eigenvalue weighted by Crippen LogP contribution is 2.30. The number of methoxy groups -OCH3 is 2. The SMILES string of the molecule is COC(=O)c1ccc(C(=O)NCCc2ccccc2)c2c(C(=O)OC)ccc(C=O)c12. The molecule has 0 aliphatic rings. The van der Waals surface area contributed by atoms with Crippen molar-refractivity contribution in [2.75, 3.05) is 20.8 Å². The summed E-state index contributed by atoms with van der Waals surface area (Å²) in [4.78, 5) is 49.4.